The molecule has 0 aromatic heterocycles. The second kappa shape index (κ2) is 7.92. The third-order valence-corrected chi connectivity index (χ3v) is 9.31. The number of nitrogens with two attached hydrogens (primary N) is 1. The summed E-state index contributed by atoms with van der Waals surface area (Å²) in [5.74, 6) is 1.07. The van der Waals surface area contributed by atoms with E-state index in [1.54, 1.807) is 14.2 Å². The van der Waals surface area contributed by atoms with Crippen LogP contribution < -0.4 is 21.1 Å². The predicted octanol–water partition coefficient (Wildman–Crippen LogP) is -0.809. The number of hydrogen-bond acceptors (Lipinski definition) is 5. The highest BCUT2D eigenvalue weighted by atomic mass is 16.5. The van der Waals surface area contributed by atoms with Gasteiger partial charge in [0.15, 0.2) is 0 Å². The summed E-state index contributed by atoms with van der Waals surface area (Å²) in [6, 6.07) is 0. The maximum absolute atomic E-state index is 12.3. The van der Waals surface area contributed by atoms with Gasteiger partial charge in [0.1, 0.15) is 0 Å². The fraction of sp³-hybridized carbons (Fsp3) is 0.826. The summed E-state index contributed by atoms with van der Waals surface area (Å²) in [6.07, 6.45) is 5.17. The van der Waals surface area contributed by atoms with E-state index in [4.69, 9.17) is 10.5 Å². The second-order valence-corrected chi connectivity index (χ2v) is 10.1. The number of rotatable bonds is 5. The third-order valence-electron chi connectivity index (χ3n) is 9.31. The summed E-state index contributed by atoms with van der Waals surface area (Å²) in [7, 11) is 5.47. The molecule has 4 rings (SSSR count). The van der Waals surface area contributed by atoms with E-state index >= 15 is 0 Å². The molecule has 4 aliphatic rings. The summed E-state index contributed by atoms with van der Waals surface area (Å²) in [5, 5.41) is 15.8. The zero-order chi connectivity index (χ0) is 21.7. The number of carbonyl (C=O) groups is 1. The molecule has 0 aromatic carbocycles. The van der Waals surface area contributed by atoms with Crippen LogP contribution in [0, 0.1) is 34.5 Å². The van der Waals surface area contributed by atoms with E-state index in [0.29, 0.717) is 35.9 Å². The van der Waals surface area contributed by atoms with E-state index in [-0.39, 0.29) is 16.7 Å². The first kappa shape index (κ1) is 21.8. The number of carbonyl (C=O) groups excluding carboxylic acids is 1. The van der Waals surface area contributed by atoms with Crippen LogP contribution in [0.5, 0.6) is 0 Å². The van der Waals surface area contributed by atoms with Crippen LogP contribution in [0.15, 0.2) is 16.1 Å². The number of quaternary nitrogens is 1. The standard InChI is InChI=1S/C23H38N4O3/c1-14-5-6-16-9-18-19(20(28)29)15(12-30-4)10-22(14,18)23(16)13-27(21(24)26-3)8-7-17(23)11-25-2/h14-17,25H,5-13H2,1-4H3,(H2,24,26)(H,28,29)/t14-,15-,16-,17-,22+,23-/m1/s1. The molecule has 2 spiro atoms. The number of likely N-dealkylation sites (tertiary alicyclic amines) is 1. The molecule has 1 saturated heterocycles. The number of nitrogens with one attached hydrogen (secondary N) is 2. The lowest BCUT2D eigenvalue weighted by molar-refractivity contribution is -0.828. The van der Waals surface area contributed by atoms with Crippen molar-refractivity contribution in [3.8, 4) is 0 Å². The molecule has 1 heterocycles. The number of nitrogens with zero attached hydrogens (tertiary/aromatic N) is 1. The molecule has 30 heavy (non-hydrogen) atoms. The van der Waals surface area contributed by atoms with Crippen molar-refractivity contribution in [2.75, 3.05) is 47.4 Å². The highest BCUT2D eigenvalue weighted by molar-refractivity contribution is 5.88. The van der Waals surface area contributed by atoms with Crippen molar-refractivity contribution in [2.24, 2.45) is 45.2 Å². The Morgan fingerprint density at radius 1 is 1.40 bits per heavy atom. The Morgan fingerprint density at radius 3 is 2.80 bits per heavy atom. The number of carboxylic acid groups (broad SMARTS) is 1. The van der Waals surface area contributed by atoms with Crippen molar-refractivity contribution in [2.45, 2.75) is 39.0 Å². The van der Waals surface area contributed by atoms with Crippen LogP contribution in [0.3, 0.4) is 0 Å². The van der Waals surface area contributed by atoms with Gasteiger partial charge in [-0.15, -0.1) is 0 Å². The zero-order valence-electron chi connectivity index (χ0n) is 18.9. The van der Waals surface area contributed by atoms with E-state index in [2.05, 4.69) is 17.2 Å². The minimum atomic E-state index is -0.987. The van der Waals surface area contributed by atoms with E-state index < -0.39 is 5.97 Å². The fourth-order valence-corrected chi connectivity index (χ4v) is 8.40. The summed E-state index contributed by atoms with van der Waals surface area (Å²) in [6.45, 7) is 5.70. The van der Waals surface area contributed by atoms with Gasteiger partial charge >= 0.3 is 0 Å². The van der Waals surface area contributed by atoms with E-state index in [1.807, 2.05) is 7.05 Å². The average Bonchev–Trinajstić information content (AvgIpc) is 3.12. The molecule has 0 amide bonds. The lowest BCUT2D eigenvalue weighted by Crippen LogP contribution is -3.19. The van der Waals surface area contributed by atoms with Gasteiger partial charge in [-0.25, -0.2) is 4.99 Å². The number of aliphatic imine (C=N–C) groups is 1. The zero-order valence-corrected chi connectivity index (χ0v) is 18.9. The summed E-state index contributed by atoms with van der Waals surface area (Å²) in [4.78, 5) is 17.9. The molecule has 168 valence electrons. The monoisotopic (exact) mass is 418 g/mol. The molecule has 2 bridgehead atoms. The first-order chi connectivity index (χ1) is 14.4. The summed E-state index contributed by atoms with van der Waals surface area (Å²) >= 11 is 0. The summed E-state index contributed by atoms with van der Waals surface area (Å²) < 4.78 is 5.49. The number of allylic oxidation sites excluding steroid dienone is 1. The number of aliphatic carboxylic acids is 1. The number of guanidine groups is 1. The van der Waals surface area contributed by atoms with Gasteiger partial charge in [-0.3, -0.25) is 4.90 Å². The molecule has 7 atom stereocenters. The quantitative estimate of drug-likeness (QED) is 0.400. The Balaban J connectivity index is 1.91. The molecule has 3 aliphatic carbocycles. The van der Waals surface area contributed by atoms with Crippen molar-refractivity contribution in [1.82, 2.24) is 5.32 Å². The number of hydrogen-bond donors (Lipinski definition) is 3. The Bertz CT molecular complexity index is 766. The average molecular weight is 419 g/mol. The fourth-order valence-electron chi connectivity index (χ4n) is 8.40. The Hall–Kier alpha value is -1.44. The molecule has 1 aliphatic heterocycles. The maximum Gasteiger partial charge on any atom is 0.293 e. The van der Waals surface area contributed by atoms with E-state index in [1.165, 1.54) is 16.9 Å². The van der Waals surface area contributed by atoms with Gasteiger partial charge in [0.2, 0.25) is 0 Å². The van der Waals surface area contributed by atoms with Gasteiger partial charge in [0.05, 0.1) is 25.7 Å². The molecule has 7 nitrogen and oxygen atoms in total. The van der Waals surface area contributed by atoms with Crippen molar-refractivity contribution in [3.05, 3.63) is 11.1 Å². The van der Waals surface area contributed by atoms with Crippen LogP contribution in [-0.4, -0.2) is 59.4 Å². The highest BCUT2D eigenvalue weighted by Crippen LogP contribution is 2.76. The molecule has 0 aromatic rings. The van der Waals surface area contributed by atoms with Crippen LogP contribution in [-0.2, 0) is 9.53 Å². The van der Waals surface area contributed by atoms with Crippen LogP contribution in [0.1, 0.15) is 39.0 Å². The van der Waals surface area contributed by atoms with Gasteiger partial charge in [0, 0.05) is 37.3 Å². The number of methoxy groups -OCH3 is 1. The van der Waals surface area contributed by atoms with E-state index in [0.717, 1.165) is 45.3 Å². The van der Waals surface area contributed by atoms with Crippen LogP contribution >= 0.6 is 0 Å². The first-order valence-corrected chi connectivity index (χ1v) is 11.5. The van der Waals surface area contributed by atoms with Gasteiger partial charge < -0.3 is 25.7 Å². The molecule has 3 fully saturated rings. The highest BCUT2D eigenvalue weighted by Gasteiger charge is 2.73. The molecule has 0 radical (unpaired) electrons. The second-order valence-electron chi connectivity index (χ2n) is 10.1. The molecule has 4 N–H and O–H groups in total. The molecular formula is C23H38N4O3. The lowest BCUT2D eigenvalue weighted by Gasteiger charge is -2.60. The first-order valence-electron chi connectivity index (χ1n) is 11.5. The van der Waals surface area contributed by atoms with Gasteiger partial charge in [0.25, 0.3) is 5.96 Å². The van der Waals surface area contributed by atoms with Crippen molar-refractivity contribution >= 4 is 11.9 Å². The maximum atomic E-state index is 12.3. The normalized spacial score (nSPS) is 43.3. The smallest absolute Gasteiger partial charge is 0.293 e. The van der Waals surface area contributed by atoms with Gasteiger partial charge in [-0.2, -0.15) is 0 Å². The SMILES string of the molecule is CN=C(N)[NH+]1CC[C@H](CNC)[C@@]2(C1)[C@@H]1CC[C@@H](C)[C@]23C[C@H](COC)C(C(=O)[O-])=C3C1. The van der Waals surface area contributed by atoms with E-state index in [9.17, 15) is 9.90 Å². The summed E-state index contributed by atoms with van der Waals surface area (Å²) in [5.41, 5.74) is 8.03. The Morgan fingerprint density at radius 2 is 2.17 bits per heavy atom. The molecule has 7 heteroatoms. The molecule has 2 saturated carbocycles. The number of carboxylic acids is 1. The lowest BCUT2D eigenvalue weighted by atomic mass is 9.45. The van der Waals surface area contributed by atoms with Crippen molar-refractivity contribution in [1.29, 1.82) is 0 Å². The topological polar surface area (TPSA) is 104 Å². The number of piperidine rings is 1. The predicted molar refractivity (Wildman–Crippen MR) is 114 cm³/mol. The molecule has 1 unspecified atom stereocenters. The van der Waals surface area contributed by atoms with Gasteiger partial charge in [-0.05, 0) is 62.6 Å². The van der Waals surface area contributed by atoms with Crippen molar-refractivity contribution < 1.29 is 19.5 Å². The minimum absolute atomic E-state index is 0.0368. The van der Waals surface area contributed by atoms with Crippen LogP contribution in [0.25, 0.3) is 0 Å². The van der Waals surface area contributed by atoms with Crippen LogP contribution in [0.2, 0.25) is 0 Å². The van der Waals surface area contributed by atoms with Gasteiger partial charge in [-0.1, -0.05) is 12.5 Å². The van der Waals surface area contributed by atoms with Crippen molar-refractivity contribution in [3.63, 3.8) is 0 Å². The Labute approximate surface area is 180 Å². The minimum Gasteiger partial charge on any atom is -0.545 e. The largest absolute Gasteiger partial charge is 0.545 e. The third kappa shape index (κ3) is 2.74. The number of ether oxygens (including phenoxy) is 1. The Kier molecular flexibility index (Phi) is 5.75. The van der Waals surface area contributed by atoms with Crippen LogP contribution in [0.4, 0.5) is 0 Å². The molecular weight excluding hydrogens is 380 g/mol.